The second-order valence-corrected chi connectivity index (χ2v) is 8.07. The van der Waals surface area contributed by atoms with Gasteiger partial charge in [0.15, 0.2) is 11.5 Å². The highest BCUT2D eigenvalue weighted by Crippen LogP contribution is 2.37. The molecule has 2 atom stereocenters. The van der Waals surface area contributed by atoms with Gasteiger partial charge in [-0.1, -0.05) is 30.3 Å². The normalized spacial score (nSPS) is 18.1. The Morgan fingerprint density at radius 3 is 2.34 bits per heavy atom. The van der Waals surface area contributed by atoms with Crippen LogP contribution in [0.4, 0.5) is 4.79 Å². The van der Waals surface area contributed by atoms with Crippen molar-refractivity contribution in [2.24, 2.45) is 5.73 Å². The highest BCUT2D eigenvalue weighted by molar-refractivity contribution is 6.08. The van der Waals surface area contributed by atoms with Crippen LogP contribution < -0.4 is 15.8 Å². The topological polar surface area (TPSA) is 186 Å². The molecule has 0 bridgehead atoms. The third-order valence-corrected chi connectivity index (χ3v) is 5.73. The number of nitrogens with one attached hydrogen (secondary N) is 2. The second kappa shape index (κ2) is 9.33. The first-order valence-corrected chi connectivity index (χ1v) is 10.4. The van der Waals surface area contributed by atoms with Crippen LogP contribution in [0.5, 0.6) is 11.5 Å². The number of amidine groups is 1. The number of aliphatic carboxylic acids is 1. The molecule has 12 heteroatoms. The summed E-state index contributed by atoms with van der Waals surface area (Å²) in [7, 11) is 1.34. The van der Waals surface area contributed by atoms with Crippen molar-refractivity contribution in [2.75, 3.05) is 7.11 Å². The smallest absolute Gasteiger partial charge is 0.344 e. The lowest BCUT2D eigenvalue weighted by molar-refractivity contribution is -0.162. The zero-order valence-electron chi connectivity index (χ0n) is 19.2. The number of phenolic OH excluding ortho intramolecular Hbond substituents is 1. The van der Waals surface area contributed by atoms with Gasteiger partial charge in [-0.05, 0) is 30.2 Å². The SMILES string of the molecule is COc1ccc(C(CC(=O)O)N(C(C)=O)N2C(=O)NC(C)(c3ccc(C(=N)N)cc3)C2=O)cc1O. The van der Waals surface area contributed by atoms with Gasteiger partial charge >= 0.3 is 12.0 Å². The quantitative estimate of drug-likeness (QED) is 0.212. The first kappa shape index (κ1) is 25.0. The zero-order chi connectivity index (χ0) is 26.1. The monoisotopic (exact) mass is 483 g/mol. The Labute approximate surface area is 200 Å². The Kier molecular flexibility index (Phi) is 6.67. The number of nitrogens with zero attached hydrogens (tertiary/aromatic N) is 2. The third-order valence-electron chi connectivity index (χ3n) is 5.73. The van der Waals surface area contributed by atoms with Gasteiger partial charge in [0.1, 0.15) is 11.4 Å². The Morgan fingerprint density at radius 1 is 1.23 bits per heavy atom. The number of nitrogens with two attached hydrogens (primary N) is 1. The number of phenols is 1. The summed E-state index contributed by atoms with van der Waals surface area (Å²) in [5.41, 5.74) is 4.83. The van der Waals surface area contributed by atoms with Gasteiger partial charge in [0, 0.05) is 12.5 Å². The predicted octanol–water partition coefficient (Wildman–Crippen LogP) is 1.43. The summed E-state index contributed by atoms with van der Waals surface area (Å²) < 4.78 is 5.01. The van der Waals surface area contributed by atoms with Crippen molar-refractivity contribution in [2.45, 2.75) is 31.8 Å². The van der Waals surface area contributed by atoms with Gasteiger partial charge in [0.25, 0.3) is 5.91 Å². The molecule has 1 aliphatic rings. The number of hydrogen-bond donors (Lipinski definition) is 5. The van der Waals surface area contributed by atoms with E-state index in [9.17, 15) is 29.4 Å². The summed E-state index contributed by atoms with van der Waals surface area (Å²) >= 11 is 0. The summed E-state index contributed by atoms with van der Waals surface area (Å²) in [5.74, 6) is -3.25. The van der Waals surface area contributed by atoms with Crippen molar-refractivity contribution in [3.63, 3.8) is 0 Å². The molecule has 0 aliphatic carbocycles. The van der Waals surface area contributed by atoms with Crippen LogP contribution in [0.3, 0.4) is 0 Å². The van der Waals surface area contributed by atoms with E-state index in [2.05, 4.69) is 5.32 Å². The number of benzene rings is 2. The fraction of sp³-hybridized carbons (Fsp3) is 0.261. The summed E-state index contributed by atoms with van der Waals surface area (Å²) in [6.45, 7) is 2.54. The van der Waals surface area contributed by atoms with Crippen molar-refractivity contribution in [1.82, 2.24) is 15.3 Å². The van der Waals surface area contributed by atoms with Crippen molar-refractivity contribution in [3.8, 4) is 11.5 Å². The lowest BCUT2D eigenvalue weighted by Gasteiger charge is -2.35. The molecule has 1 aliphatic heterocycles. The molecule has 0 radical (unpaired) electrons. The maximum Gasteiger partial charge on any atom is 0.344 e. The predicted molar refractivity (Wildman–Crippen MR) is 122 cm³/mol. The molecular weight excluding hydrogens is 458 g/mol. The minimum Gasteiger partial charge on any atom is -0.504 e. The number of carboxylic acids is 1. The average molecular weight is 483 g/mol. The van der Waals surface area contributed by atoms with Gasteiger partial charge in [0.05, 0.1) is 19.6 Å². The Morgan fingerprint density at radius 2 is 1.86 bits per heavy atom. The standard InChI is InChI=1S/C23H25N5O7/c1-12(29)27(16(11-19(31)32)14-6-9-18(35-3)17(30)10-14)28-21(33)23(2,26-22(28)34)15-7-4-13(5-8-15)20(24)25/h4-10,16,30H,11H2,1-3H3,(H3,24,25)(H,26,34)(H,31,32). The number of hydrazine groups is 1. The minimum atomic E-state index is -1.59. The number of imide groups is 1. The highest BCUT2D eigenvalue weighted by atomic mass is 16.5. The molecule has 4 amide bonds. The molecule has 2 unspecified atom stereocenters. The molecule has 0 saturated carbocycles. The number of ether oxygens (including phenoxy) is 1. The molecule has 35 heavy (non-hydrogen) atoms. The van der Waals surface area contributed by atoms with E-state index in [1.165, 1.54) is 56.5 Å². The first-order chi connectivity index (χ1) is 16.4. The molecule has 2 aromatic carbocycles. The van der Waals surface area contributed by atoms with Gasteiger partial charge in [0.2, 0.25) is 5.91 Å². The molecule has 0 spiro atoms. The molecule has 3 rings (SSSR count). The number of rotatable bonds is 8. The number of carboxylic acid groups (broad SMARTS) is 1. The molecule has 1 saturated heterocycles. The number of carbonyl (C=O) groups excluding carboxylic acids is 3. The second-order valence-electron chi connectivity index (χ2n) is 8.07. The highest BCUT2D eigenvalue weighted by Gasteiger charge is 2.53. The Bertz CT molecular complexity index is 1210. The first-order valence-electron chi connectivity index (χ1n) is 10.4. The number of amides is 4. The Hall–Kier alpha value is -4.61. The molecule has 12 nitrogen and oxygen atoms in total. The maximum absolute atomic E-state index is 13.6. The summed E-state index contributed by atoms with van der Waals surface area (Å²) in [5, 5.41) is 31.1. The van der Waals surface area contributed by atoms with E-state index in [-0.39, 0.29) is 22.9 Å². The van der Waals surface area contributed by atoms with Gasteiger partial charge in [-0.15, -0.1) is 0 Å². The third kappa shape index (κ3) is 4.58. The van der Waals surface area contributed by atoms with Crippen LogP contribution in [0.2, 0.25) is 0 Å². The van der Waals surface area contributed by atoms with Crippen LogP contribution in [0.1, 0.15) is 43.0 Å². The van der Waals surface area contributed by atoms with E-state index < -0.39 is 41.8 Å². The number of hydrogen-bond acceptors (Lipinski definition) is 7. The van der Waals surface area contributed by atoms with Crippen LogP contribution >= 0.6 is 0 Å². The molecule has 184 valence electrons. The lowest BCUT2D eigenvalue weighted by Crippen LogP contribution is -2.52. The molecule has 2 aromatic rings. The lowest BCUT2D eigenvalue weighted by atomic mass is 9.91. The van der Waals surface area contributed by atoms with Crippen molar-refractivity contribution in [1.29, 1.82) is 5.41 Å². The van der Waals surface area contributed by atoms with E-state index in [0.717, 1.165) is 11.9 Å². The number of aromatic hydroxyl groups is 1. The van der Waals surface area contributed by atoms with E-state index in [0.29, 0.717) is 16.1 Å². The molecule has 1 heterocycles. The molecule has 1 fully saturated rings. The number of methoxy groups -OCH3 is 1. The van der Waals surface area contributed by atoms with E-state index >= 15 is 0 Å². The van der Waals surface area contributed by atoms with Crippen LogP contribution in [-0.2, 0) is 19.9 Å². The van der Waals surface area contributed by atoms with Crippen LogP contribution in [0.15, 0.2) is 42.5 Å². The fourth-order valence-electron chi connectivity index (χ4n) is 3.92. The number of nitrogen functional groups attached to an aromatic ring is 1. The van der Waals surface area contributed by atoms with Gasteiger partial charge in [-0.25, -0.2) is 9.80 Å². The van der Waals surface area contributed by atoms with Crippen LogP contribution in [0.25, 0.3) is 0 Å². The van der Waals surface area contributed by atoms with Crippen molar-refractivity contribution < 1.29 is 34.1 Å². The van der Waals surface area contributed by atoms with Crippen molar-refractivity contribution in [3.05, 3.63) is 59.2 Å². The Balaban J connectivity index is 2.07. The molecular formula is C23H25N5O7. The fourth-order valence-corrected chi connectivity index (χ4v) is 3.92. The van der Waals surface area contributed by atoms with Gasteiger partial charge in [-0.2, -0.15) is 5.01 Å². The number of carbonyl (C=O) groups is 4. The zero-order valence-corrected chi connectivity index (χ0v) is 19.2. The summed E-state index contributed by atoms with van der Waals surface area (Å²) in [4.78, 5) is 51.0. The molecule has 6 N–H and O–H groups in total. The van der Waals surface area contributed by atoms with E-state index in [1.807, 2.05) is 0 Å². The van der Waals surface area contributed by atoms with E-state index in [4.69, 9.17) is 15.9 Å². The van der Waals surface area contributed by atoms with Crippen LogP contribution in [0, 0.1) is 5.41 Å². The van der Waals surface area contributed by atoms with Crippen molar-refractivity contribution >= 4 is 29.7 Å². The summed E-state index contributed by atoms with van der Waals surface area (Å²) in [6, 6.07) is 7.85. The van der Waals surface area contributed by atoms with Crippen LogP contribution in [-0.4, -0.2) is 57.0 Å². The number of urea groups is 1. The minimum absolute atomic E-state index is 0.119. The largest absolute Gasteiger partial charge is 0.504 e. The van der Waals surface area contributed by atoms with Gasteiger partial charge in [-0.3, -0.25) is 19.8 Å². The van der Waals surface area contributed by atoms with Gasteiger partial charge < -0.3 is 26.0 Å². The average Bonchev–Trinajstić information content (AvgIpc) is 3.02. The molecule has 0 aromatic heterocycles. The summed E-state index contributed by atoms with van der Waals surface area (Å²) in [6.07, 6.45) is -0.660. The van der Waals surface area contributed by atoms with E-state index in [1.54, 1.807) is 0 Å². The maximum atomic E-state index is 13.6.